The van der Waals surface area contributed by atoms with Crippen LogP contribution in [0.3, 0.4) is 0 Å². The van der Waals surface area contributed by atoms with E-state index in [9.17, 15) is 4.79 Å². The second-order valence-electron chi connectivity index (χ2n) is 4.85. The predicted molar refractivity (Wildman–Crippen MR) is 91.5 cm³/mol. The summed E-state index contributed by atoms with van der Waals surface area (Å²) in [5, 5.41) is 8.33. The van der Waals surface area contributed by atoms with Crippen LogP contribution in [0.25, 0.3) is 0 Å². The molecule has 3 nitrogen and oxygen atoms in total. The summed E-state index contributed by atoms with van der Waals surface area (Å²) in [6, 6.07) is 0. The van der Waals surface area contributed by atoms with Crippen molar-refractivity contribution in [1.82, 2.24) is 0 Å². The van der Waals surface area contributed by atoms with E-state index < -0.39 is 5.97 Å². The molecule has 0 amide bonds. The lowest BCUT2D eigenvalue weighted by Gasteiger charge is -1.95. The van der Waals surface area contributed by atoms with Gasteiger partial charge in [0.2, 0.25) is 0 Å². The van der Waals surface area contributed by atoms with Crippen molar-refractivity contribution < 1.29 is 9.90 Å². The fraction of sp³-hybridized carbons (Fsp3) is 0.812. The Morgan fingerprint density at radius 2 is 1.70 bits per heavy atom. The van der Waals surface area contributed by atoms with Crippen LogP contribution in [0.15, 0.2) is 12.2 Å². The second kappa shape index (κ2) is 20.8. The van der Waals surface area contributed by atoms with Crippen LogP contribution in [0.1, 0.15) is 71.1 Å². The molecule has 4 heteroatoms. The van der Waals surface area contributed by atoms with E-state index in [1.165, 1.54) is 44.9 Å². The number of nitrogens with two attached hydrogens (primary N) is 1. The number of carboxylic acids is 1. The van der Waals surface area contributed by atoms with Crippen LogP contribution in [-0.2, 0) is 4.79 Å². The number of carbonyl (C=O) groups is 1. The number of unbranched alkanes of at least 4 members (excludes halogenated alkanes) is 7. The maximum Gasteiger partial charge on any atom is 0.307 e. The molecule has 0 atom stereocenters. The van der Waals surface area contributed by atoms with Crippen LogP contribution in [0.4, 0.5) is 0 Å². The third-order valence-electron chi connectivity index (χ3n) is 2.80. The minimum atomic E-state index is -0.758. The van der Waals surface area contributed by atoms with Gasteiger partial charge in [-0.3, -0.25) is 4.79 Å². The molecule has 0 aromatic rings. The fourth-order valence-corrected chi connectivity index (χ4v) is 1.82. The first-order valence-electron chi connectivity index (χ1n) is 7.86. The molecule has 0 rings (SSSR count). The number of thiol groups is 1. The normalized spacial score (nSPS) is 10.3. The zero-order valence-corrected chi connectivity index (χ0v) is 13.9. The summed E-state index contributed by atoms with van der Waals surface area (Å²) >= 11 is 4.12. The minimum Gasteiger partial charge on any atom is -0.481 e. The maximum atomic E-state index is 10.1. The fourth-order valence-electron chi connectivity index (χ4n) is 1.60. The molecule has 0 saturated carbocycles. The topological polar surface area (TPSA) is 63.3 Å². The zero-order valence-electron chi connectivity index (χ0n) is 13.0. The van der Waals surface area contributed by atoms with Crippen LogP contribution >= 0.6 is 12.6 Å². The van der Waals surface area contributed by atoms with Gasteiger partial charge in [0, 0.05) is 0 Å². The van der Waals surface area contributed by atoms with Crippen LogP contribution in [0.2, 0.25) is 0 Å². The third-order valence-corrected chi connectivity index (χ3v) is 3.11. The van der Waals surface area contributed by atoms with E-state index in [4.69, 9.17) is 10.8 Å². The Morgan fingerprint density at radius 3 is 2.25 bits per heavy atom. The Labute approximate surface area is 130 Å². The SMILES string of the molecule is CCCCCCN.O=C(O)C/C=C/CCCCCCS. The highest BCUT2D eigenvalue weighted by atomic mass is 32.1. The molecule has 0 aromatic carbocycles. The van der Waals surface area contributed by atoms with E-state index in [0.717, 1.165) is 25.1 Å². The highest BCUT2D eigenvalue weighted by Gasteiger charge is 1.89. The van der Waals surface area contributed by atoms with Gasteiger partial charge in [0.15, 0.2) is 0 Å². The predicted octanol–water partition coefficient (Wildman–Crippen LogP) is 4.42. The van der Waals surface area contributed by atoms with E-state index in [1.54, 1.807) is 6.08 Å². The summed E-state index contributed by atoms with van der Waals surface area (Å²) in [7, 11) is 0. The smallest absolute Gasteiger partial charge is 0.307 e. The number of hydrogen-bond acceptors (Lipinski definition) is 3. The van der Waals surface area contributed by atoms with Crippen molar-refractivity contribution in [3.63, 3.8) is 0 Å². The monoisotopic (exact) mass is 303 g/mol. The van der Waals surface area contributed by atoms with Crippen molar-refractivity contribution in [2.45, 2.75) is 71.1 Å². The molecule has 0 aliphatic carbocycles. The molecule has 0 bridgehead atoms. The van der Waals surface area contributed by atoms with Gasteiger partial charge in [-0.25, -0.2) is 0 Å². The summed E-state index contributed by atoms with van der Waals surface area (Å²) in [4.78, 5) is 10.1. The van der Waals surface area contributed by atoms with E-state index in [0.29, 0.717) is 0 Å². The molecular formula is C16H33NO2S. The van der Waals surface area contributed by atoms with E-state index in [2.05, 4.69) is 19.6 Å². The van der Waals surface area contributed by atoms with E-state index in [1.807, 2.05) is 6.08 Å². The van der Waals surface area contributed by atoms with Crippen LogP contribution in [-0.4, -0.2) is 23.4 Å². The van der Waals surface area contributed by atoms with Crippen LogP contribution in [0.5, 0.6) is 0 Å². The average Bonchev–Trinajstić information content (AvgIpc) is 2.43. The molecule has 0 spiro atoms. The first kappa shape index (κ1) is 21.8. The molecule has 0 heterocycles. The van der Waals surface area contributed by atoms with Gasteiger partial charge in [-0.15, -0.1) is 0 Å². The number of aliphatic carboxylic acids is 1. The summed E-state index contributed by atoms with van der Waals surface area (Å²) < 4.78 is 0. The van der Waals surface area contributed by atoms with Crippen molar-refractivity contribution in [1.29, 1.82) is 0 Å². The number of carboxylic acid groups (broad SMARTS) is 1. The van der Waals surface area contributed by atoms with E-state index >= 15 is 0 Å². The molecule has 0 radical (unpaired) electrons. The Balaban J connectivity index is 0. The first-order chi connectivity index (χ1) is 9.68. The largest absolute Gasteiger partial charge is 0.481 e. The quantitative estimate of drug-likeness (QED) is 0.284. The molecule has 0 saturated heterocycles. The zero-order chi connectivity index (χ0) is 15.5. The summed E-state index contributed by atoms with van der Waals surface area (Å²) in [6.45, 7) is 3.07. The molecule has 0 aromatic heterocycles. The Kier molecular flexibility index (Phi) is 22.7. The van der Waals surface area contributed by atoms with Crippen LogP contribution in [0, 0.1) is 0 Å². The van der Waals surface area contributed by atoms with Gasteiger partial charge >= 0.3 is 5.97 Å². The third kappa shape index (κ3) is 26.2. The number of rotatable bonds is 12. The van der Waals surface area contributed by atoms with Gasteiger partial charge in [-0.1, -0.05) is 51.2 Å². The second-order valence-corrected chi connectivity index (χ2v) is 5.29. The lowest BCUT2D eigenvalue weighted by molar-refractivity contribution is -0.136. The van der Waals surface area contributed by atoms with Gasteiger partial charge in [-0.05, 0) is 38.0 Å². The van der Waals surface area contributed by atoms with Crippen molar-refractivity contribution >= 4 is 18.6 Å². The summed E-state index contributed by atoms with van der Waals surface area (Å²) in [5.74, 6) is 0.209. The number of allylic oxidation sites excluding steroid dienone is 1. The van der Waals surface area contributed by atoms with Gasteiger partial charge in [0.25, 0.3) is 0 Å². The Hall–Kier alpha value is -0.480. The number of hydrogen-bond donors (Lipinski definition) is 3. The average molecular weight is 304 g/mol. The molecular weight excluding hydrogens is 270 g/mol. The van der Waals surface area contributed by atoms with Gasteiger partial charge < -0.3 is 10.8 Å². The molecule has 0 aliphatic rings. The van der Waals surface area contributed by atoms with Crippen molar-refractivity contribution in [2.24, 2.45) is 5.73 Å². The van der Waals surface area contributed by atoms with Crippen molar-refractivity contribution in [3.8, 4) is 0 Å². The molecule has 3 N–H and O–H groups in total. The van der Waals surface area contributed by atoms with Gasteiger partial charge in [-0.2, -0.15) is 12.6 Å². The molecule has 0 aliphatic heterocycles. The van der Waals surface area contributed by atoms with E-state index in [-0.39, 0.29) is 6.42 Å². The first-order valence-corrected chi connectivity index (χ1v) is 8.50. The standard InChI is InChI=1S/C10H18O2S.C6H15N/c11-10(12)8-6-4-2-1-3-5-7-9-13;1-2-3-4-5-6-7/h4,6,13H,1-3,5,7-9H2,(H,11,12);2-7H2,1H3/b6-4+;. The minimum absolute atomic E-state index is 0.149. The highest BCUT2D eigenvalue weighted by molar-refractivity contribution is 7.80. The molecule has 120 valence electrons. The van der Waals surface area contributed by atoms with Crippen molar-refractivity contribution in [3.05, 3.63) is 12.2 Å². The summed E-state index contributed by atoms with van der Waals surface area (Å²) in [5.41, 5.74) is 5.27. The van der Waals surface area contributed by atoms with Crippen LogP contribution < -0.4 is 5.73 Å². The van der Waals surface area contributed by atoms with Crippen molar-refractivity contribution in [2.75, 3.05) is 12.3 Å². The molecule has 0 fully saturated rings. The van der Waals surface area contributed by atoms with Gasteiger partial charge in [0.1, 0.15) is 0 Å². The lowest BCUT2D eigenvalue weighted by atomic mass is 10.1. The highest BCUT2D eigenvalue weighted by Crippen LogP contribution is 2.04. The van der Waals surface area contributed by atoms with Gasteiger partial charge in [0.05, 0.1) is 6.42 Å². The maximum absolute atomic E-state index is 10.1. The molecule has 0 unspecified atom stereocenters. The Morgan fingerprint density at radius 1 is 1.05 bits per heavy atom. The summed E-state index contributed by atoms with van der Waals surface area (Å²) in [6.07, 6.45) is 14.8. The molecule has 20 heavy (non-hydrogen) atoms. The Bertz CT molecular complexity index is 217. The lowest BCUT2D eigenvalue weighted by Crippen LogP contribution is -1.97.